The second-order valence-electron chi connectivity index (χ2n) is 10.7. The number of para-hydroxylation sites is 1. The lowest BCUT2D eigenvalue weighted by atomic mass is 10.0. The average molecular weight is 606 g/mol. The Bertz CT molecular complexity index is 1890. The van der Waals surface area contributed by atoms with Crippen LogP contribution in [0, 0.1) is 0 Å². The number of aromatic nitrogens is 1. The highest BCUT2D eigenvalue weighted by Gasteiger charge is 2.13. The van der Waals surface area contributed by atoms with Crippen molar-refractivity contribution in [3.63, 3.8) is 0 Å². The molecule has 0 N–H and O–H groups in total. The zero-order chi connectivity index (χ0) is 30.4. The summed E-state index contributed by atoms with van der Waals surface area (Å²) < 4.78 is 12.6. The van der Waals surface area contributed by atoms with E-state index in [2.05, 4.69) is 96.0 Å². The summed E-state index contributed by atoms with van der Waals surface area (Å²) in [5.74, 6) is 3.12. The molecule has 5 nitrogen and oxygen atoms in total. The van der Waals surface area contributed by atoms with Crippen molar-refractivity contribution in [3.8, 4) is 45.4 Å². The average Bonchev–Trinajstić information content (AvgIpc) is 3.52. The van der Waals surface area contributed by atoms with Crippen LogP contribution in [0.15, 0.2) is 168 Å². The van der Waals surface area contributed by atoms with Crippen molar-refractivity contribution in [1.82, 2.24) is 9.88 Å². The van der Waals surface area contributed by atoms with Gasteiger partial charge in [-0.2, -0.15) is 0 Å². The summed E-state index contributed by atoms with van der Waals surface area (Å²) in [6.45, 7) is 0.814. The summed E-state index contributed by atoms with van der Waals surface area (Å²) in [4.78, 5) is 11.3. The highest BCUT2D eigenvalue weighted by molar-refractivity contribution is 7.99. The van der Waals surface area contributed by atoms with Gasteiger partial charge in [0.25, 0.3) is 0 Å². The van der Waals surface area contributed by atoms with E-state index in [-0.39, 0.29) is 0 Å². The summed E-state index contributed by atoms with van der Waals surface area (Å²) in [7, 11) is 2.06. The lowest BCUT2D eigenvalue weighted by Crippen LogP contribution is -2.21. The Morgan fingerprint density at radius 3 is 2.07 bits per heavy atom. The van der Waals surface area contributed by atoms with Gasteiger partial charge in [0.1, 0.15) is 23.0 Å². The molecule has 1 aliphatic heterocycles. The smallest absolute Gasteiger partial charge is 0.129 e. The molecule has 220 valence electrons. The normalized spacial score (nSPS) is 12.4. The first-order chi connectivity index (χ1) is 22.1. The molecule has 0 amide bonds. The van der Waals surface area contributed by atoms with Crippen molar-refractivity contribution < 1.29 is 9.47 Å². The maximum Gasteiger partial charge on any atom is 0.129 e. The molecule has 6 aromatic rings. The van der Waals surface area contributed by atoms with Gasteiger partial charge in [0.2, 0.25) is 0 Å². The van der Waals surface area contributed by atoms with Crippen LogP contribution in [0.5, 0.6) is 23.0 Å². The minimum atomic E-state index is 0.755. The molecular weight excluding hydrogens is 575 g/mol. The molecular formula is C39H31N3O2S. The largest absolute Gasteiger partial charge is 0.457 e. The fourth-order valence-electron chi connectivity index (χ4n) is 5.15. The predicted molar refractivity (Wildman–Crippen MR) is 183 cm³/mol. The van der Waals surface area contributed by atoms with Gasteiger partial charge < -0.3 is 19.3 Å². The molecule has 2 heterocycles. The maximum atomic E-state index is 6.32. The Labute approximate surface area is 268 Å². The first kappa shape index (κ1) is 28.3. The molecule has 0 aliphatic carbocycles. The number of nitrogens with zero attached hydrogens (tertiary/aromatic N) is 3. The van der Waals surface area contributed by atoms with Crippen LogP contribution in [0.25, 0.3) is 22.4 Å². The van der Waals surface area contributed by atoms with Crippen LogP contribution >= 0.6 is 11.8 Å². The van der Waals surface area contributed by atoms with E-state index in [1.54, 1.807) is 11.8 Å². The Morgan fingerprint density at radius 1 is 0.556 bits per heavy atom. The third-order valence-electron chi connectivity index (χ3n) is 7.32. The zero-order valence-corrected chi connectivity index (χ0v) is 25.6. The second-order valence-corrected chi connectivity index (χ2v) is 11.9. The predicted octanol–water partition coefficient (Wildman–Crippen LogP) is 10.3. The van der Waals surface area contributed by atoms with Crippen LogP contribution in [-0.2, 0) is 0 Å². The molecule has 0 saturated heterocycles. The number of hydrogen-bond acceptors (Lipinski definition) is 6. The van der Waals surface area contributed by atoms with E-state index in [1.807, 2.05) is 79.0 Å². The van der Waals surface area contributed by atoms with Crippen molar-refractivity contribution in [2.45, 2.75) is 9.79 Å². The van der Waals surface area contributed by atoms with Crippen LogP contribution in [0.1, 0.15) is 0 Å². The highest BCUT2D eigenvalue weighted by atomic mass is 32.2. The molecule has 5 aromatic carbocycles. The van der Waals surface area contributed by atoms with E-state index in [0.29, 0.717) is 0 Å². The molecule has 0 spiro atoms. The Hall–Kier alpha value is -5.46. The lowest BCUT2D eigenvalue weighted by molar-refractivity contribution is 0.481. The van der Waals surface area contributed by atoms with Crippen LogP contribution < -0.4 is 14.4 Å². The number of rotatable bonds is 9. The van der Waals surface area contributed by atoms with Crippen molar-refractivity contribution in [2.75, 3.05) is 18.6 Å². The minimum absolute atomic E-state index is 0.755. The van der Waals surface area contributed by atoms with Gasteiger partial charge in [-0.3, -0.25) is 4.98 Å². The van der Waals surface area contributed by atoms with E-state index in [0.717, 1.165) is 62.6 Å². The van der Waals surface area contributed by atoms with Crippen LogP contribution in [0.3, 0.4) is 0 Å². The molecule has 1 aromatic heterocycles. The first-order valence-electron chi connectivity index (χ1n) is 14.8. The molecule has 7 rings (SSSR count). The van der Waals surface area contributed by atoms with Gasteiger partial charge >= 0.3 is 0 Å². The highest BCUT2D eigenvalue weighted by Crippen LogP contribution is 2.37. The second kappa shape index (κ2) is 13.0. The van der Waals surface area contributed by atoms with E-state index < -0.39 is 0 Å². The molecule has 1 aliphatic rings. The summed E-state index contributed by atoms with van der Waals surface area (Å²) in [5.41, 5.74) is 5.03. The van der Waals surface area contributed by atoms with Crippen molar-refractivity contribution in [1.29, 1.82) is 0 Å². The van der Waals surface area contributed by atoms with Crippen molar-refractivity contribution in [3.05, 3.63) is 158 Å². The van der Waals surface area contributed by atoms with E-state index in [4.69, 9.17) is 14.5 Å². The fraction of sp³-hybridized carbons (Fsp3) is 0.0513. The van der Waals surface area contributed by atoms with Crippen molar-refractivity contribution >= 4 is 17.4 Å². The van der Waals surface area contributed by atoms with Gasteiger partial charge in [-0.1, -0.05) is 66.4 Å². The third kappa shape index (κ3) is 7.03. The van der Waals surface area contributed by atoms with Gasteiger partial charge in [-0.25, -0.2) is 0 Å². The summed E-state index contributed by atoms with van der Waals surface area (Å²) in [6, 6.07) is 47.0. The summed E-state index contributed by atoms with van der Waals surface area (Å²) in [6.07, 6.45) is 6.00. The molecule has 0 fully saturated rings. The molecule has 0 radical (unpaired) electrons. The maximum absolute atomic E-state index is 6.32. The zero-order valence-electron chi connectivity index (χ0n) is 24.8. The number of hydrogen-bond donors (Lipinski definition) is 0. The van der Waals surface area contributed by atoms with E-state index in [9.17, 15) is 0 Å². The van der Waals surface area contributed by atoms with Crippen LogP contribution in [0.4, 0.5) is 5.69 Å². The fourth-order valence-corrected chi connectivity index (χ4v) is 6.08. The Kier molecular flexibility index (Phi) is 8.21. The molecule has 0 atom stereocenters. The Balaban J connectivity index is 1.17. The number of pyridine rings is 1. The SMILES string of the molecule is CN1C=CN(c2cccc(Oc3cccc(-c4cc(-c5cc(Oc6ccccc6)cc(Sc6ccccc6)c5)ccn4)c3)c2)C1. The van der Waals surface area contributed by atoms with E-state index in [1.165, 1.54) is 4.90 Å². The molecule has 0 unspecified atom stereocenters. The van der Waals surface area contributed by atoms with Gasteiger partial charge in [-0.05, 0) is 90.0 Å². The third-order valence-corrected chi connectivity index (χ3v) is 8.30. The van der Waals surface area contributed by atoms with Gasteiger partial charge in [0.05, 0.1) is 12.4 Å². The van der Waals surface area contributed by atoms with Crippen LogP contribution in [-0.4, -0.2) is 23.6 Å². The standard InChI is InChI=1S/C39H31N3O2S/c1-41-20-21-42(28-41)32-11-9-15-35(26-32)44-34-14-8-10-30(22-34)39-25-29(18-19-40-39)31-23-36(43-33-12-4-2-5-13-33)27-38(24-31)45-37-16-6-3-7-17-37/h2-27H,28H2,1H3. The van der Waals surface area contributed by atoms with Crippen molar-refractivity contribution in [2.24, 2.45) is 0 Å². The first-order valence-corrected chi connectivity index (χ1v) is 15.6. The van der Waals surface area contributed by atoms with E-state index >= 15 is 0 Å². The number of anilines is 1. The molecule has 6 heteroatoms. The minimum Gasteiger partial charge on any atom is -0.457 e. The molecule has 0 bridgehead atoms. The van der Waals surface area contributed by atoms with Gasteiger partial charge in [0.15, 0.2) is 0 Å². The summed E-state index contributed by atoms with van der Waals surface area (Å²) in [5, 5.41) is 0. The summed E-state index contributed by atoms with van der Waals surface area (Å²) >= 11 is 1.71. The lowest BCUT2D eigenvalue weighted by Gasteiger charge is -2.19. The van der Waals surface area contributed by atoms with Gasteiger partial charge in [0, 0.05) is 52.8 Å². The van der Waals surface area contributed by atoms with Gasteiger partial charge in [-0.15, -0.1) is 0 Å². The Morgan fingerprint density at radius 2 is 1.27 bits per heavy atom. The molecule has 0 saturated carbocycles. The number of benzene rings is 5. The topological polar surface area (TPSA) is 37.8 Å². The monoisotopic (exact) mass is 605 g/mol. The quantitative estimate of drug-likeness (QED) is 0.163. The molecule has 45 heavy (non-hydrogen) atoms. The number of ether oxygens (including phenoxy) is 2. The van der Waals surface area contributed by atoms with Crippen LogP contribution in [0.2, 0.25) is 0 Å².